The molecule has 4 nitrogen and oxygen atoms in total. The van der Waals surface area contributed by atoms with E-state index in [1.807, 2.05) is 6.07 Å². The molecule has 0 amide bonds. The number of aromatic amines is 1. The van der Waals surface area contributed by atoms with Crippen molar-refractivity contribution in [2.24, 2.45) is 0 Å². The molecular weight excluding hydrogens is 190 g/mol. The second-order valence-electron chi connectivity index (χ2n) is 3.99. The lowest BCUT2D eigenvalue weighted by molar-refractivity contribution is 0.475. The molecule has 78 valence electrons. The highest BCUT2D eigenvalue weighted by atomic mass is 16.3. The number of nitrogens with zero attached hydrogens (tertiary/aromatic N) is 2. The number of nitrogens with one attached hydrogen (secondary N) is 1. The Morgan fingerprint density at radius 3 is 2.87 bits per heavy atom. The minimum atomic E-state index is 0.353. The van der Waals surface area contributed by atoms with Crippen molar-refractivity contribution in [2.45, 2.75) is 12.8 Å². The van der Waals surface area contributed by atoms with E-state index >= 15 is 0 Å². The van der Waals surface area contributed by atoms with Gasteiger partial charge in [0.05, 0.1) is 17.4 Å². The number of hydrogen-bond acceptors (Lipinski definition) is 3. The van der Waals surface area contributed by atoms with E-state index in [-0.39, 0.29) is 0 Å². The molecule has 0 radical (unpaired) electrons. The molecule has 0 aliphatic carbocycles. The van der Waals surface area contributed by atoms with E-state index in [9.17, 15) is 5.11 Å². The van der Waals surface area contributed by atoms with Crippen LogP contribution in [0, 0.1) is 0 Å². The molecule has 3 rings (SSSR count). The molecular formula is C11H13N3O. The molecule has 0 saturated carbocycles. The highest BCUT2D eigenvalue weighted by Gasteiger charge is 2.16. The Balaban J connectivity index is 2.11. The predicted octanol–water partition coefficient (Wildman–Crippen LogP) is 1.87. The first-order chi connectivity index (χ1) is 7.34. The maximum Gasteiger partial charge on any atom is 0.139 e. The van der Waals surface area contributed by atoms with Gasteiger partial charge in [0, 0.05) is 18.5 Å². The number of fused-ring (bicyclic) bond motifs is 1. The second kappa shape index (κ2) is 3.15. The number of benzene rings is 1. The van der Waals surface area contributed by atoms with E-state index in [0.29, 0.717) is 5.75 Å². The summed E-state index contributed by atoms with van der Waals surface area (Å²) in [5.74, 6) is 0.353. The molecule has 1 aliphatic rings. The molecule has 2 N–H and O–H groups in total. The Morgan fingerprint density at radius 1 is 1.27 bits per heavy atom. The minimum Gasteiger partial charge on any atom is -0.506 e. The van der Waals surface area contributed by atoms with Gasteiger partial charge >= 0.3 is 0 Å². The summed E-state index contributed by atoms with van der Waals surface area (Å²) in [6, 6.07) is 3.75. The van der Waals surface area contributed by atoms with Crippen LogP contribution in [0.5, 0.6) is 5.75 Å². The fraction of sp³-hybridized carbons (Fsp3) is 0.364. The van der Waals surface area contributed by atoms with Gasteiger partial charge in [-0.05, 0) is 25.0 Å². The summed E-state index contributed by atoms with van der Waals surface area (Å²) in [5.41, 5.74) is 1.90. The van der Waals surface area contributed by atoms with Gasteiger partial charge in [-0.3, -0.25) is 5.10 Å². The summed E-state index contributed by atoms with van der Waals surface area (Å²) in [7, 11) is 0. The van der Waals surface area contributed by atoms with Crippen molar-refractivity contribution < 1.29 is 5.11 Å². The maximum atomic E-state index is 9.90. The lowest BCUT2D eigenvalue weighted by atomic mass is 10.2. The molecule has 2 heterocycles. The van der Waals surface area contributed by atoms with Crippen LogP contribution in [-0.2, 0) is 0 Å². The SMILES string of the molecule is Oc1cc2cn[nH]c2cc1N1CCCC1. The first-order valence-electron chi connectivity index (χ1n) is 5.25. The zero-order valence-corrected chi connectivity index (χ0v) is 8.40. The van der Waals surface area contributed by atoms with Gasteiger partial charge in [0.2, 0.25) is 0 Å². The monoisotopic (exact) mass is 203 g/mol. The standard InChI is InChI=1S/C11H13N3O/c15-11-5-8-7-12-13-9(8)6-10(11)14-3-1-2-4-14/h5-7,15H,1-4H2,(H,12,13). The van der Waals surface area contributed by atoms with E-state index in [1.54, 1.807) is 12.3 Å². The van der Waals surface area contributed by atoms with Crippen molar-refractivity contribution >= 4 is 16.6 Å². The van der Waals surface area contributed by atoms with Gasteiger partial charge in [0.15, 0.2) is 0 Å². The van der Waals surface area contributed by atoms with E-state index < -0.39 is 0 Å². The largest absolute Gasteiger partial charge is 0.506 e. The Bertz CT molecular complexity index is 486. The molecule has 15 heavy (non-hydrogen) atoms. The van der Waals surface area contributed by atoms with E-state index in [0.717, 1.165) is 29.7 Å². The molecule has 1 aromatic carbocycles. The first kappa shape index (κ1) is 8.59. The molecule has 1 fully saturated rings. The summed E-state index contributed by atoms with van der Waals surface area (Å²) >= 11 is 0. The number of H-pyrrole nitrogens is 1. The molecule has 0 spiro atoms. The van der Waals surface area contributed by atoms with Crippen molar-refractivity contribution in [3.63, 3.8) is 0 Å². The number of aromatic nitrogens is 2. The van der Waals surface area contributed by atoms with Gasteiger partial charge in [0.1, 0.15) is 5.75 Å². The number of anilines is 1. The zero-order chi connectivity index (χ0) is 10.3. The van der Waals surface area contributed by atoms with Crippen LogP contribution >= 0.6 is 0 Å². The highest BCUT2D eigenvalue weighted by molar-refractivity contribution is 5.85. The van der Waals surface area contributed by atoms with Gasteiger partial charge in [0.25, 0.3) is 0 Å². The third-order valence-corrected chi connectivity index (χ3v) is 2.98. The van der Waals surface area contributed by atoms with Crippen LogP contribution < -0.4 is 4.90 Å². The van der Waals surface area contributed by atoms with Crippen molar-refractivity contribution in [1.29, 1.82) is 0 Å². The van der Waals surface area contributed by atoms with Crippen molar-refractivity contribution in [1.82, 2.24) is 10.2 Å². The molecule has 0 bridgehead atoms. The normalized spacial score (nSPS) is 16.4. The summed E-state index contributed by atoms with van der Waals surface area (Å²) in [6.45, 7) is 2.07. The quantitative estimate of drug-likeness (QED) is 0.744. The lowest BCUT2D eigenvalue weighted by Crippen LogP contribution is -2.17. The molecule has 1 aromatic heterocycles. The minimum absolute atomic E-state index is 0.353. The number of aromatic hydroxyl groups is 1. The van der Waals surface area contributed by atoms with Crippen molar-refractivity contribution in [2.75, 3.05) is 18.0 Å². The average molecular weight is 203 g/mol. The summed E-state index contributed by atoms with van der Waals surface area (Å²) in [4.78, 5) is 2.22. The number of phenolic OH excluding ortho intramolecular Hbond substituents is 1. The number of hydrogen-bond donors (Lipinski definition) is 2. The molecule has 4 heteroatoms. The fourth-order valence-corrected chi connectivity index (χ4v) is 2.18. The smallest absolute Gasteiger partial charge is 0.139 e. The van der Waals surface area contributed by atoms with Crippen LogP contribution in [0.2, 0.25) is 0 Å². The summed E-state index contributed by atoms with van der Waals surface area (Å²) < 4.78 is 0. The van der Waals surface area contributed by atoms with Crippen LogP contribution in [0.4, 0.5) is 5.69 Å². The van der Waals surface area contributed by atoms with Crippen LogP contribution in [0.15, 0.2) is 18.3 Å². The lowest BCUT2D eigenvalue weighted by Gasteiger charge is -2.18. The fourth-order valence-electron chi connectivity index (χ4n) is 2.18. The molecule has 0 atom stereocenters. The van der Waals surface area contributed by atoms with Crippen LogP contribution in [0.1, 0.15) is 12.8 Å². The van der Waals surface area contributed by atoms with E-state index in [4.69, 9.17) is 0 Å². The van der Waals surface area contributed by atoms with Crippen molar-refractivity contribution in [3.8, 4) is 5.75 Å². The Kier molecular flexibility index (Phi) is 1.80. The predicted molar refractivity (Wildman–Crippen MR) is 59.2 cm³/mol. The van der Waals surface area contributed by atoms with Gasteiger partial charge in [-0.2, -0.15) is 5.10 Å². The Morgan fingerprint density at radius 2 is 2.07 bits per heavy atom. The third kappa shape index (κ3) is 1.33. The van der Waals surface area contributed by atoms with Crippen molar-refractivity contribution in [3.05, 3.63) is 18.3 Å². The molecule has 1 saturated heterocycles. The van der Waals surface area contributed by atoms with E-state index in [2.05, 4.69) is 15.1 Å². The topological polar surface area (TPSA) is 52.2 Å². The van der Waals surface area contributed by atoms with Gasteiger partial charge in [-0.15, -0.1) is 0 Å². The van der Waals surface area contributed by atoms with Gasteiger partial charge in [-0.1, -0.05) is 0 Å². The second-order valence-corrected chi connectivity index (χ2v) is 3.99. The number of rotatable bonds is 1. The van der Waals surface area contributed by atoms with Crippen LogP contribution in [0.3, 0.4) is 0 Å². The zero-order valence-electron chi connectivity index (χ0n) is 8.40. The van der Waals surface area contributed by atoms with Crippen LogP contribution in [-0.4, -0.2) is 28.4 Å². The average Bonchev–Trinajstić information content (AvgIpc) is 2.85. The highest BCUT2D eigenvalue weighted by Crippen LogP contribution is 2.33. The summed E-state index contributed by atoms with van der Waals surface area (Å²) in [6.07, 6.45) is 4.14. The van der Waals surface area contributed by atoms with Gasteiger partial charge in [-0.25, -0.2) is 0 Å². The first-order valence-corrected chi connectivity index (χ1v) is 5.25. The van der Waals surface area contributed by atoms with E-state index in [1.165, 1.54) is 12.8 Å². The molecule has 1 aliphatic heterocycles. The maximum absolute atomic E-state index is 9.90. The number of phenols is 1. The third-order valence-electron chi connectivity index (χ3n) is 2.98. The van der Waals surface area contributed by atoms with Gasteiger partial charge < -0.3 is 10.0 Å². The summed E-state index contributed by atoms with van der Waals surface area (Å²) in [5, 5.41) is 17.7. The molecule has 2 aromatic rings. The van der Waals surface area contributed by atoms with Crippen LogP contribution in [0.25, 0.3) is 10.9 Å². The Labute approximate surface area is 87.5 Å². The Hall–Kier alpha value is -1.71. The molecule has 0 unspecified atom stereocenters.